The second-order valence-corrected chi connectivity index (χ2v) is 7.02. The zero-order chi connectivity index (χ0) is 18.5. The SMILES string of the molecule is COc1ccc(SC(Nc2nc(N)nc(N)n2)C2CCOCC2)cc1F. The number of anilines is 3. The average molecular weight is 380 g/mol. The summed E-state index contributed by atoms with van der Waals surface area (Å²) in [5.41, 5.74) is 11.3. The summed E-state index contributed by atoms with van der Waals surface area (Å²) in [6, 6.07) is 4.88. The Balaban J connectivity index is 1.81. The number of nitrogen functional groups attached to an aromatic ring is 2. The van der Waals surface area contributed by atoms with Crippen LogP contribution in [0.15, 0.2) is 23.1 Å². The molecule has 8 nitrogen and oxygen atoms in total. The van der Waals surface area contributed by atoms with E-state index in [0.29, 0.717) is 19.2 Å². The van der Waals surface area contributed by atoms with Gasteiger partial charge in [-0.3, -0.25) is 0 Å². The molecule has 0 radical (unpaired) electrons. The lowest BCUT2D eigenvalue weighted by atomic mass is 10.0. The van der Waals surface area contributed by atoms with Crippen LogP contribution >= 0.6 is 11.8 Å². The number of hydrogen-bond donors (Lipinski definition) is 3. The number of aromatic nitrogens is 3. The molecule has 2 aromatic rings. The number of rotatable bonds is 6. The maximum Gasteiger partial charge on any atom is 0.230 e. The molecule has 1 saturated heterocycles. The smallest absolute Gasteiger partial charge is 0.230 e. The van der Waals surface area contributed by atoms with Gasteiger partial charge in [-0.05, 0) is 37.0 Å². The number of benzene rings is 1. The lowest BCUT2D eigenvalue weighted by Crippen LogP contribution is -2.32. The third-order valence-electron chi connectivity index (χ3n) is 4.02. The fourth-order valence-electron chi connectivity index (χ4n) is 2.73. The first kappa shape index (κ1) is 18.5. The van der Waals surface area contributed by atoms with E-state index in [1.165, 1.54) is 24.9 Å². The molecule has 0 spiro atoms. The molecule has 0 bridgehead atoms. The van der Waals surface area contributed by atoms with Crippen molar-refractivity contribution in [3.63, 3.8) is 0 Å². The van der Waals surface area contributed by atoms with Gasteiger partial charge in [-0.15, -0.1) is 11.8 Å². The van der Waals surface area contributed by atoms with Gasteiger partial charge in [0.05, 0.1) is 12.5 Å². The van der Waals surface area contributed by atoms with Gasteiger partial charge in [0.15, 0.2) is 11.6 Å². The van der Waals surface area contributed by atoms with Gasteiger partial charge in [0.25, 0.3) is 0 Å². The van der Waals surface area contributed by atoms with Crippen molar-refractivity contribution in [3.05, 3.63) is 24.0 Å². The minimum atomic E-state index is -0.406. The van der Waals surface area contributed by atoms with Crippen LogP contribution in [0.1, 0.15) is 12.8 Å². The number of nitrogens with two attached hydrogens (primary N) is 2. The predicted octanol–water partition coefficient (Wildman–Crippen LogP) is 2.14. The molecule has 140 valence electrons. The Labute approximate surface area is 154 Å². The summed E-state index contributed by atoms with van der Waals surface area (Å²) in [7, 11) is 1.44. The highest BCUT2D eigenvalue weighted by Gasteiger charge is 2.26. The molecule has 0 saturated carbocycles. The maximum atomic E-state index is 14.0. The monoisotopic (exact) mass is 380 g/mol. The number of ether oxygens (including phenoxy) is 2. The second-order valence-electron chi connectivity index (χ2n) is 5.80. The fraction of sp³-hybridized carbons (Fsp3) is 0.438. The molecule has 5 N–H and O–H groups in total. The molecule has 0 aliphatic carbocycles. The van der Waals surface area contributed by atoms with Crippen molar-refractivity contribution in [2.75, 3.05) is 37.1 Å². The lowest BCUT2D eigenvalue weighted by molar-refractivity contribution is 0.0674. The van der Waals surface area contributed by atoms with Crippen LogP contribution in [0.4, 0.5) is 22.2 Å². The largest absolute Gasteiger partial charge is 0.494 e. The first-order valence-corrected chi connectivity index (χ1v) is 9.04. The summed E-state index contributed by atoms with van der Waals surface area (Å²) >= 11 is 1.49. The molecule has 1 fully saturated rings. The van der Waals surface area contributed by atoms with Gasteiger partial charge in [-0.2, -0.15) is 15.0 Å². The van der Waals surface area contributed by atoms with Crippen LogP contribution in [0.3, 0.4) is 0 Å². The Kier molecular flexibility index (Phi) is 5.94. The van der Waals surface area contributed by atoms with Crippen LogP contribution in [0, 0.1) is 11.7 Å². The molecule has 1 unspecified atom stereocenters. The van der Waals surface area contributed by atoms with Crippen molar-refractivity contribution >= 4 is 29.6 Å². The van der Waals surface area contributed by atoms with Crippen molar-refractivity contribution in [2.24, 2.45) is 5.92 Å². The summed E-state index contributed by atoms with van der Waals surface area (Å²) in [6.45, 7) is 1.36. The van der Waals surface area contributed by atoms with Crippen molar-refractivity contribution in [3.8, 4) is 5.75 Å². The highest BCUT2D eigenvalue weighted by molar-refractivity contribution is 8.00. The molecular formula is C16H21FN6O2S. The van der Waals surface area contributed by atoms with Gasteiger partial charge < -0.3 is 26.3 Å². The van der Waals surface area contributed by atoms with Crippen molar-refractivity contribution in [1.82, 2.24) is 15.0 Å². The summed E-state index contributed by atoms with van der Waals surface area (Å²) < 4.78 is 24.4. The van der Waals surface area contributed by atoms with Crippen molar-refractivity contribution in [1.29, 1.82) is 0 Å². The minimum Gasteiger partial charge on any atom is -0.494 e. The number of methoxy groups -OCH3 is 1. The zero-order valence-corrected chi connectivity index (χ0v) is 15.1. The molecular weight excluding hydrogens is 359 g/mol. The van der Waals surface area contributed by atoms with E-state index in [0.717, 1.165) is 17.7 Å². The van der Waals surface area contributed by atoms with Crippen molar-refractivity contribution in [2.45, 2.75) is 23.1 Å². The Morgan fingerprint density at radius 3 is 2.54 bits per heavy atom. The van der Waals surface area contributed by atoms with Crippen LogP contribution in [0.5, 0.6) is 5.75 Å². The van der Waals surface area contributed by atoms with Crippen LogP contribution in [-0.4, -0.2) is 40.6 Å². The second kappa shape index (κ2) is 8.37. The highest BCUT2D eigenvalue weighted by Crippen LogP contribution is 2.35. The summed E-state index contributed by atoms with van der Waals surface area (Å²) in [6.07, 6.45) is 1.75. The predicted molar refractivity (Wildman–Crippen MR) is 98.4 cm³/mol. The summed E-state index contributed by atoms with van der Waals surface area (Å²) in [4.78, 5) is 12.7. The van der Waals surface area contributed by atoms with Crippen LogP contribution in [0.2, 0.25) is 0 Å². The van der Waals surface area contributed by atoms with E-state index in [4.69, 9.17) is 20.9 Å². The number of thioether (sulfide) groups is 1. The van der Waals surface area contributed by atoms with Gasteiger partial charge in [-0.1, -0.05) is 0 Å². The first-order chi connectivity index (χ1) is 12.5. The molecule has 3 rings (SSSR count). The van der Waals surface area contributed by atoms with E-state index in [9.17, 15) is 4.39 Å². The van der Waals surface area contributed by atoms with Gasteiger partial charge >= 0.3 is 0 Å². The number of halogens is 1. The minimum absolute atomic E-state index is 0.0474. The molecule has 26 heavy (non-hydrogen) atoms. The van der Waals surface area contributed by atoms with E-state index in [2.05, 4.69) is 20.3 Å². The normalized spacial score (nSPS) is 16.2. The van der Waals surface area contributed by atoms with Crippen molar-refractivity contribution < 1.29 is 13.9 Å². The van der Waals surface area contributed by atoms with Crippen LogP contribution in [0.25, 0.3) is 0 Å². The Morgan fingerprint density at radius 1 is 1.23 bits per heavy atom. The number of nitrogens with one attached hydrogen (secondary N) is 1. The topological polar surface area (TPSA) is 121 Å². The molecule has 2 heterocycles. The van der Waals surface area contributed by atoms with E-state index >= 15 is 0 Å². The molecule has 0 amide bonds. The van der Waals surface area contributed by atoms with Gasteiger partial charge in [0, 0.05) is 18.1 Å². The molecule has 1 aliphatic rings. The van der Waals surface area contributed by atoms with Gasteiger partial charge in [0.1, 0.15) is 0 Å². The van der Waals surface area contributed by atoms with E-state index < -0.39 is 5.82 Å². The lowest BCUT2D eigenvalue weighted by Gasteiger charge is -2.30. The van der Waals surface area contributed by atoms with Gasteiger partial charge in [0.2, 0.25) is 17.8 Å². The summed E-state index contributed by atoms with van der Waals surface area (Å²) in [5.74, 6) is 0.489. The van der Waals surface area contributed by atoms with E-state index in [-0.39, 0.29) is 28.9 Å². The highest BCUT2D eigenvalue weighted by atomic mass is 32.2. The number of hydrogen-bond acceptors (Lipinski definition) is 9. The molecule has 1 atom stereocenters. The third-order valence-corrected chi connectivity index (χ3v) is 5.30. The first-order valence-electron chi connectivity index (χ1n) is 8.16. The molecule has 10 heteroatoms. The molecule has 1 aliphatic heterocycles. The van der Waals surface area contributed by atoms with Crippen LogP contribution in [-0.2, 0) is 4.74 Å². The Hall–Kier alpha value is -2.33. The third kappa shape index (κ3) is 4.64. The van der Waals surface area contributed by atoms with Crippen LogP contribution < -0.4 is 21.5 Å². The van der Waals surface area contributed by atoms with E-state index in [1.807, 2.05) is 6.07 Å². The average Bonchev–Trinajstić information content (AvgIpc) is 2.61. The summed E-state index contributed by atoms with van der Waals surface area (Å²) in [5, 5.41) is 3.15. The fourth-order valence-corrected chi connectivity index (χ4v) is 3.97. The van der Waals surface area contributed by atoms with Gasteiger partial charge in [-0.25, -0.2) is 4.39 Å². The zero-order valence-electron chi connectivity index (χ0n) is 14.3. The Morgan fingerprint density at radius 2 is 1.92 bits per heavy atom. The Bertz CT molecular complexity index is 739. The molecule has 1 aromatic carbocycles. The quantitative estimate of drug-likeness (QED) is 0.511. The number of nitrogens with zero attached hydrogens (tertiary/aromatic N) is 3. The molecule has 1 aromatic heterocycles. The van der Waals surface area contributed by atoms with E-state index in [1.54, 1.807) is 6.07 Å². The maximum absolute atomic E-state index is 14.0. The standard InChI is InChI=1S/C16H21FN6O2S/c1-24-12-3-2-10(8-11(12)17)26-13(9-4-6-25-7-5-9)20-16-22-14(18)21-15(19)23-16/h2-3,8-9,13H,4-7H2,1H3,(H5,18,19,20,21,22,23).